The van der Waals surface area contributed by atoms with Crippen molar-refractivity contribution in [2.24, 2.45) is 0 Å². The maximum absolute atomic E-state index is 12.2. The van der Waals surface area contributed by atoms with Gasteiger partial charge in [0.25, 0.3) is 0 Å². The van der Waals surface area contributed by atoms with Crippen LogP contribution in [0.4, 0.5) is 4.39 Å². The van der Waals surface area contributed by atoms with Gasteiger partial charge in [-0.15, -0.1) is 0 Å². The summed E-state index contributed by atoms with van der Waals surface area (Å²) in [6.45, 7) is 3.56. The molecule has 0 saturated carbocycles. The first-order valence-electron chi connectivity index (χ1n) is 2.47. The Hall–Kier alpha value is 0.366. The molecule has 0 unspecified atom stereocenters. The van der Waals surface area contributed by atoms with Crippen LogP contribution in [-0.2, 0) is 0 Å². The second-order valence-corrected chi connectivity index (χ2v) is 2.14. The molecule has 0 heterocycles. The molecular formula is C7H5Cl2FMg. The van der Waals surface area contributed by atoms with Crippen LogP contribution in [0.3, 0.4) is 0 Å². The van der Waals surface area contributed by atoms with E-state index in [2.05, 4.69) is 6.92 Å². The van der Waals surface area contributed by atoms with Crippen LogP contribution in [0.1, 0.15) is 5.56 Å². The van der Waals surface area contributed by atoms with Crippen molar-refractivity contribution in [3.8, 4) is 0 Å². The van der Waals surface area contributed by atoms with E-state index in [1.165, 1.54) is 18.2 Å². The van der Waals surface area contributed by atoms with Gasteiger partial charge in [0.2, 0.25) is 0 Å². The summed E-state index contributed by atoms with van der Waals surface area (Å²) in [7, 11) is 0. The first kappa shape index (κ1) is 13.9. The van der Waals surface area contributed by atoms with Crippen molar-refractivity contribution < 1.29 is 16.8 Å². The summed E-state index contributed by atoms with van der Waals surface area (Å²) < 4.78 is 12.2. The van der Waals surface area contributed by atoms with Crippen molar-refractivity contribution in [1.29, 1.82) is 0 Å². The molecule has 0 saturated heterocycles. The summed E-state index contributed by atoms with van der Waals surface area (Å²) >= 11 is 5.51. The number of hydrogen-bond acceptors (Lipinski definition) is 0. The molecule has 0 bridgehead atoms. The number of halogens is 3. The van der Waals surface area contributed by atoms with Gasteiger partial charge >= 0.3 is 23.1 Å². The summed E-state index contributed by atoms with van der Waals surface area (Å²) in [5, 5.41) is 0.370. The summed E-state index contributed by atoms with van der Waals surface area (Å²) in [4.78, 5) is 0. The van der Waals surface area contributed by atoms with E-state index in [0.717, 1.165) is 0 Å². The van der Waals surface area contributed by atoms with Crippen molar-refractivity contribution in [2.45, 2.75) is 0 Å². The summed E-state index contributed by atoms with van der Waals surface area (Å²) in [6.07, 6.45) is 0. The molecule has 1 aromatic rings. The fraction of sp³-hybridized carbons (Fsp3) is 0. The fourth-order valence-corrected chi connectivity index (χ4v) is 0.689. The standard InChI is InChI=1S/C7H5ClF.ClH.Mg/c1-5-2-3-6(9)4-7(5)8;;/h2-4H,1H2;1H;/q-1;;+2/p-1. The summed E-state index contributed by atoms with van der Waals surface area (Å²) in [5.74, 6) is -0.326. The van der Waals surface area contributed by atoms with Crippen LogP contribution in [-0.4, -0.2) is 23.1 Å². The van der Waals surface area contributed by atoms with Gasteiger partial charge in [0, 0.05) is 0 Å². The topological polar surface area (TPSA) is 0 Å². The quantitative estimate of drug-likeness (QED) is 0.386. The molecule has 1 rings (SSSR count). The van der Waals surface area contributed by atoms with Crippen LogP contribution in [0.2, 0.25) is 5.02 Å². The molecule has 0 amide bonds. The van der Waals surface area contributed by atoms with E-state index in [4.69, 9.17) is 11.6 Å². The van der Waals surface area contributed by atoms with Crippen LogP contribution in [0.25, 0.3) is 0 Å². The predicted octanol–water partition coefficient (Wildman–Crippen LogP) is -0.716. The zero-order valence-electron chi connectivity index (χ0n) is 5.78. The first-order valence-corrected chi connectivity index (χ1v) is 2.85. The minimum atomic E-state index is -0.326. The molecule has 0 aliphatic rings. The van der Waals surface area contributed by atoms with Crippen LogP contribution in [0.5, 0.6) is 0 Å². The fourth-order valence-electron chi connectivity index (χ4n) is 0.522. The van der Waals surface area contributed by atoms with Gasteiger partial charge in [0.15, 0.2) is 0 Å². The summed E-state index contributed by atoms with van der Waals surface area (Å²) in [5.41, 5.74) is 0.651. The first-order chi connectivity index (χ1) is 4.20. The zero-order valence-corrected chi connectivity index (χ0v) is 8.71. The second-order valence-electron chi connectivity index (χ2n) is 1.74. The molecule has 0 spiro atoms. The minimum Gasteiger partial charge on any atom is -1.00 e. The van der Waals surface area contributed by atoms with E-state index < -0.39 is 0 Å². The van der Waals surface area contributed by atoms with Gasteiger partial charge in [-0.05, 0) is 0 Å². The van der Waals surface area contributed by atoms with Crippen LogP contribution in [0, 0.1) is 12.7 Å². The monoisotopic (exact) mass is 202 g/mol. The maximum Gasteiger partial charge on any atom is 2.00 e. The van der Waals surface area contributed by atoms with E-state index in [9.17, 15) is 4.39 Å². The Morgan fingerprint density at radius 1 is 1.36 bits per heavy atom. The van der Waals surface area contributed by atoms with Crippen molar-refractivity contribution >= 4 is 34.7 Å². The van der Waals surface area contributed by atoms with Crippen LogP contribution in [0.15, 0.2) is 18.2 Å². The van der Waals surface area contributed by atoms with Crippen molar-refractivity contribution in [3.63, 3.8) is 0 Å². The third-order valence-electron chi connectivity index (χ3n) is 1.02. The van der Waals surface area contributed by atoms with Gasteiger partial charge in [0.1, 0.15) is 5.82 Å². The number of rotatable bonds is 0. The van der Waals surface area contributed by atoms with E-state index in [1.807, 2.05) is 0 Å². The average Bonchev–Trinajstić information content (AvgIpc) is 1.80. The Morgan fingerprint density at radius 3 is 2.27 bits per heavy atom. The van der Waals surface area contributed by atoms with Crippen molar-refractivity contribution in [3.05, 3.63) is 41.5 Å². The van der Waals surface area contributed by atoms with E-state index in [1.54, 1.807) is 0 Å². The van der Waals surface area contributed by atoms with Gasteiger partial charge in [-0.3, -0.25) is 0 Å². The summed E-state index contributed by atoms with van der Waals surface area (Å²) in [6, 6.07) is 4.11. The van der Waals surface area contributed by atoms with Crippen molar-refractivity contribution in [2.75, 3.05) is 0 Å². The molecule has 0 N–H and O–H groups in total. The zero-order chi connectivity index (χ0) is 6.85. The molecule has 0 aliphatic heterocycles. The predicted molar refractivity (Wildman–Crippen MR) is 41.6 cm³/mol. The van der Waals surface area contributed by atoms with Gasteiger partial charge in [-0.1, -0.05) is 17.2 Å². The minimum absolute atomic E-state index is 0. The second kappa shape index (κ2) is 5.95. The van der Waals surface area contributed by atoms with Crippen molar-refractivity contribution in [1.82, 2.24) is 0 Å². The Bertz CT molecular complexity index is 228. The maximum atomic E-state index is 12.2. The van der Waals surface area contributed by atoms with Gasteiger partial charge in [0.05, 0.1) is 0 Å². The van der Waals surface area contributed by atoms with E-state index in [0.29, 0.717) is 10.6 Å². The largest absolute Gasteiger partial charge is 2.00 e. The molecule has 11 heavy (non-hydrogen) atoms. The third-order valence-corrected chi connectivity index (χ3v) is 1.37. The smallest absolute Gasteiger partial charge is 1.00 e. The van der Waals surface area contributed by atoms with E-state index >= 15 is 0 Å². The van der Waals surface area contributed by atoms with Gasteiger partial charge in [-0.2, -0.15) is 30.2 Å². The van der Waals surface area contributed by atoms with E-state index in [-0.39, 0.29) is 41.3 Å². The molecule has 4 heteroatoms. The van der Waals surface area contributed by atoms with Crippen LogP contribution >= 0.6 is 11.6 Å². The normalized spacial score (nSPS) is 7.82. The SMILES string of the molecule is [CH2-]c1ccc(F)cc1Cl.[Cl-].[Mg+2]. The Kier molecular flexibility index (Phi) is 7.53. The molecule has 0 fully saturated rings. The third kappa shape index (κ3) is 4.06. The molecule has 0 aliphatic carbocycles. The molecular weight excluding hydrogens is 198 g/mol. The molecule has 1 aromatic carbocycles. The Morgan fingerprint density at radius 2 is 1.91 bits per heavy atom. The number of benzene rings is 1. The molecule has 0 radical (unpaired) electrons. The molecule has 0 nitrogen and oxygen atoms in total. The van der Waals surface area contributed by atoms with Gasteiger partial charge < -0.3 is 12.4 Å². The van der Waals surface area contributed by atoms with Crippen LogP contribution < -0.4 is 12.4 Å². The number of hydrogen-bond donors (Lipinski definition) is 0. The average molecular weight is 203 g/mol. The Balaban J connectivity index is 0. The Labute approximate surface area is 92.7 Å². The molecule has 0 aromatic heterocycles. The van der Waals surface area contributed by atoms with Gasteiger partial charge in [-0.25, -0.2) is 4.39 Å². The molecule has 0 atom stereocenters. The molecule has 56 valence electrons.